The van der Waals surface area contributed by atoms with Gasteiger partial charge >= 0.3 is 6.03 Å². The number of anilines is 1. The number of nitrogens with zero attached hydrogens (tertiary/aromatic N) is 3. The van der Waals surface area contributed by atoms with Crippen molar-refractivity contribution < 1.29 is 14.0 Å². The molecule has 0 unspecified atom stereocenters. The molecule has 9 heteroatoms. The number of nitrogens with one attached hydrogen (secondary N) is 2. The average molecular weight is 321 g/mol. The molecule has 1 aliphatic rings. The van der Waals surface area contributed by atoms with Crippen molar-refractivity contribution in [2.24, 2.45) is 0 Å². The number of likely N-dealkylation sites (tertiary alicyclic amines) is 1. The number of carbonyl (C=O) groups is 2. The third-order valence-electron chi connectivity index (χ3n) is 3.45. The lowest BCUT2D eigenvalue weighted by Crippen LogP contribution is -2.47. The van der Waals surface area contributed by atoms with Gasteiger partial charge in [-0.1, -0.05) is 4.49 Å². The van der Waals surface area contributed by atoms with E-state index in [9.17, 15) is 9.59 Å². The number of carbonyl (C=O) groups excluding carboxylic acids is 2. The van der Waals surface area contributed by atoms with Crippen molar-refractivity contribution in [1.29, 1.82) is 0 Å². The molecule has 1 fully saturated rings. The van der Waals surface area contributed by atoms with E-state index in [4.69, 9.17) is 4.42 Å². The predicted octanol–water partition coefficient (Wildman–Crippen LogP) is 1.56. The molecule has 0 atom stereocenters. The lowest BCUT2D eigenvalue weighted by Gasteiger charge is -2.31. The molecule has 2 aromatic heterocycles. The van der Waals surface area contributed by atoms with Gasteiger partial charge in [0.25, 0.3) is 5.91 Å². The molecule has 0 spiro atoms. The Balaban J connectivity index is 1.45. The molecule has 1 aliphatic heterocycles. The van der Waals surface area contributed by atoms with Gasteiger partial charge in [-0.25, -0.2) is 4.79 Å². The lowest BCUT2D eigenvalue weighted by atomic mass is 10.1. The number of amides is 3. The first-order chi connectivity index (χ1) is 10.7. The van der Waals surface area contributed by atoms with Crippen LogP contribution in [0.4, 0.5) is 9.80 Å². The molecule has 22 heavy (non-hydrogen) atoms. The molecule has 0 aromatic carbocycles. The molecule has 0 radical (unpaired) electrons. The monoisotopic (exact) mass is 321 g/mol. The summed E-state index contributed by atoms with van der Waals surface area (Å²) in [6.07, 6.45) is 4.40. The van der Waals surface area contributed by atoms with Crippen LogP contribution < -0.4 is 10.6 Å². The SMILES string of the molecule is O=C(Nc1cnns1)NC1CCN(C(=O)c2ccco2)CC1. The zero-order valence-corrected chi connectivity index (χ0v) is 12.5. The predicted molar refractivity (Wildman–Crippen MR) is 79.7 cm³/mol. The maximum atomic E-state index is 12.1. The van der Waals surface area contributed by atoms with Crippen LogP contribution in [-0.2, 0) is 0 Å². The minimum Gasteiger partial charge on any atom is -0.459 e. The second kappa shape index (κ2) is 6.56. The third-order valence-corrected chi connectivity index (χ3v) is 4.03. The summed E-state index contributed by atoms with van der Waals surface area (Å²) in [7, 11) is 0. The molecule has 0 bridgehead atoms. The van der Waals surface area contributed by atoms with Crippen LogP contribution in [0.3, 0.4) is 0 Å². The van der Waals surface area contributed by atoms with Crippen molar-refractivity contribution in [1.82, 2.24) is 19.8 Å². The second-order valence-corrected chi connectivity index (χ2v) is 5.71. The minimum atomic E-state index is -0.276. The van der Waals surface area contributed by atoms with E-state index in [1.165, 1.54) is 12.5 Å². The Hall–Kier alpha value is -2.42. The highest BCUT2D eigenvalue weighted by atomic mass is 32.1. The van der Waals surface area contributed by atoms with Crippen LogP contribution in [0.5, 0.6) is 0 Å². The Morgan fingerprint density at radius 1 is 1.36 bits per heavy atom. The van der Waals surface area contributed by atoms with Gasteiger partial charge in [-0.15, -0.1) is 5.10 Å². The molecule has 3 heterocycles. The zero-order valence-electron chi connectivity index (χ0n) is 11.7. The summed E-state index contributed by atoms with van der Waals surface area (Å²) in [5.74, 6) is 0.241. The van der Waals surface area contributed by atoms with E-state index in [1.54, 1.807) is 17.0 Å². The van der Waals surface area contributed by atoms with Crippen molar-refractivity contribution in [3.63, 3.8) is 0 Å². The molecular weight excluding hydrogens is 306 g/mol. The van der Waals surface area contributed by atoms with Gasteiger partial charge in [0, 0.05) is 30.7 Å². The number of furan rings is 1. The van der Waals surface area contributed by atoms with Gasteiger partial charge in [0.15, 0.2) is 5.76 Å². The second-order valence-electron chi connectivity index (χ2n) is 4.92. The molecular formula is C13H15N5O3S. The van der Waals surface area contributed by atoms with Crippen LogP contribution >= 0.6 is 11.5 Å². The van der Waals surface area contributed by atoms with E-state index >= 15 is 0 Å². The van der Waals surface area contributed by atoms with E-state index in [0.717, 1.165) is 11.5 Å². The zero-order chi connectivity index (χ0) is 15.4. The summed E-state index contributed by atoms with van der Waals surface area (Å²) in [4.78, 5) is 25.7. The molecule has 3 rings (SSSR count). The number of hydrogen-bond donors (Lipinski definition) is 2. The van der Waals surface area contributed by atoms with Gasteiger partial charge < -0.3 is 14.6 Å². The fraction of sp³-hybridized carbons (Fsp3) is 0.385. The summed E-state index contributed by atoms with van der Waals surface area (Å²) in [6.45, 7) is 1.18. The highest BCUT2D eigenvalue weighted by Crippen LogP contribution is 2.15. The smallest absolute Gasteiger partial charge is 0.320 e. The highest BCUT2D eigenvalue weighted by Gasteiger charge is 2.25. The summed E-state index contributed by atoms with van der Waals surface area (Å²) in [5, 5.41) is 9.81. The Bertz CT molecular complexity index is 620. The van der Waals surface area contributed by atoms with Crippen molar-refractivity contribution in [2.75, 3.05) is 18.4 Å². The molecule has 2 N–H and O–H groups in total. The number of aromatic nitrogens is 2. The topological polar surface area (TPSA) is 100 Å². The van der Waals surface area contributed by atoms with E-state index in [2.05, 4.69) is 20.2 Å². The summed E-state index contributed by atoms with van der Waals surface area (Å²) < 4.78 is 8.79. The first kappa shape index (κ1) is 14.5. The van der Waals surface area contributed by atoms with Crippen molar-refractivity contribution in [3.05, 3.63) is 30.4 Å². The van der Waals surface area contributed by atoms with Gasteiger partial charge in [-0.2, -0.15) is 0 Å². The Kier molecular flexibility index (Phi) is 4.33. The van der Waals surface area contributed by atoms with E-state index in [0.29, 0.717) is 36.7 Å². The normalized spacial score (nSPS) is 15.5. The summed E-state index contributed by atoms with van der Waals surface area (Å²) >= 11 is 1.12. The first-order valence-corrected chi connectivity index (χ1v) is 7.67. The molecule has 3 amide bonds. The van der Waals surface area contributed by atoms with Crippen LogP contribution in [0.25, 0.3) is 0 Å². The van der Waals surface area contributed by atoms with Gasteiger partial charge in [0.1, 0.15) is 5.00 Å². The average Bonchev–Trinajstić information content (AvgIpc) is 3.20. The highest BCUT2D eigenvalue weighted by molar-refractivity contribution is 7.10. The first-order valence-electron chi connectivity index (χ1n) is 6.90. The Morgan fingerprint density at radius 3 is 2.82 bits per heavy atom. The molecule has 0 aliphatic carbocycles. The number of rotatable bonds is 3. The minimum absolute atomic E-state index is 0.0431. The maximum Gasteiger partial charge on any atom is 0.320 e. The molecule has 2 aromatic rings. The number of hydrogen-bond acceptors (Lipinski definition) is 6. The fourth-order valence-corrected chi connectivity index (χ4v) is 2.75. The van der Waals surface area contributed by atoms with Crippen LogP contribution in [0.15, 0.2) is 29.0 Å². The van der Waals surface area contributed by atoms with E-state index in [-0.39, 0.29) is 18.0 Å². The third kappa shape index (κ3) is 3.42. The summed E-state index contributed by atoms with van der Waals surface area (Å²) in [5.41, 5.74) is 0. The van der Waals surface area contributed by atoms with Crippen LogP contribution in [0.1, 0.15) is 23.4 Å². The van der Waals surface area contributed by atoms with Gasteiger partial charge in [0.2, 0.25) is 0 Å². The van der Waals surface area contributed by atoms with E-state index < -0.39 is 0 Å². The van der Waals surface area contributed by atoms with Crippen LogP contribution in [0.2, 0.25) is 0 Å². The molecule has 0 saturated carbocycles. The maximum absolute atomic E-state index is 12.1. The Morgan fingerprint density at radius 2 is 2.18 bits per heavy atom. The van der Waals surface area contributed by atoms with Crippen LogP contribution in [0, 0.1) is 0 Å². The number of piperidine rings is 1. The van der Waals surface area contributed by atoms with Crippen molar-refractivity contribution in [2.45, 2.75) is 18.9 Å². The van der Waals surface area contributed by atoms with Crippen molar-refractivity contribution >= 4 is 28.5 Å². The van der Waals surface area contributed by atoms with E-state index in [1.807, 2.05) is 0 Å². The largest absolute Gasteiger partial charge is 0.459 e. The Labute approximate surface area is 130 Å². The van der Waals surface area contributed by atoms with Crippen molar-refractivity contribution in [3.8, 4) is 0 Å². The molecule has 1 saturated heterocycles. The van der Waals surface area contributed by atoms with Gasteiger partial charge in [-0.3, -0.25) is 10.1 Å². The number of urea groups is 1. The standard InChI is InChI=1S/C13H15N5O3S/c19-12(10-2-1-7-21-10)18-5-3-9(4-6-18)15-13(20)16-11-8-14-17-22-11/h1-2,7-9H,3-6H2,(H2,15,16,20). The van der Waals surface area contributed by atoms with Gasteiger partial charge in [0.05, 0.1) is 12.5 Å². The van der Waals surface area contributed by atoms with Gasteiger partial charge in [-0.05, 0) is 25.0 Å². The summed E-state index contributed by atoms with van der Waals surface area (Å²) in [6, 6.07) is 3.12. The fourth-order valence-electron chi connectivity index (χ4n) is 2.34. The quantitative estimate of drug-likeness (QED) is 0.893. The molecule has 116 valence electrons. The van der Waals surface area contributed by atoms with Crippen LogP contribution in [-0.4, -0.2) is 45.6 Å². The lowest BCUT2D eigenvalue weighted by molar-refractivity contribution is 0.0676. The molecule has 8 nitrogen and oxygen atoms in total.